The fraction of sp³-hybridized carbons (Fsp3) is 0.286. The molecule has 0 radical (unpaired) electrons. The average molecular weight is 260 g/mol. The van der Waals surface area contributed by atoms with Crippen molar-refractivity contribution in [3.8, 4) is 0 Å². The van der Waals surface area contributed by atoms with E-state index in [4.69, 9.17) is 10.2 Å². The SMILES string of the molecule is CCC(N)CNC(=O)c1cc2ccccc2oc1=O. The number of carbonyl (C=O) groups excluding carboxylic acids is 1. The Labute approximate surface area is 110 Å². The van der Waals surface area contributed by atoms with Crippen LogP contribution in [-0.2, 0) is 0 Å². The Hall–Kier alpha value is -2.14. The molecule has 1 heterocycles. The first-order chi connectivity index (χ1) is 9.11. The van der Waals surface area contributed by atoms with Crippen molar-refractivity contribution in [3.63, 3.8) is 0 Å². The van der Waals surface area contributed by atoms with Crippen molar-refractivity contribution >= 4 is 16.9 Å². The highest BCUT2D eigenvalue weighted by molar-refractivity contribution is 5.96. The van der Waals surface area contributed by atoms with Gasteiger partial charge in [-0.2, -0.15) is 0 Å². The minimum absolute atomic E-state index is 0.00185. The van der Waals surface area contributed by atoms with Crippen molar-refractivity contribution in [2.75, 3.05) is 6.54 Å². The van der Waals surface area contributed by atoms with Gasteiger partial charge in [-0.15, -0.1) is 0 Å². The van der Waals surface area contributed by atoms with E-state index >= 15 is 0 Å². The van der Waals surface area contributed by atoms with Crippen LogP contribution in [0.25, 0.3) is 11.0 Å². The molecule has 1 aromatic carbocycles. The number of fused-ring (bicyclic) bond motifs is 1. The van der Waals surface area contributed by atoms with Crippen LogP contribution in [-0.4, -0.2) is 18.5 Å². The molecule has 5 nitrogen and oxygen atoms in total. The van der Waals surface area contributed by atoms with Crippen LogP contribution in [0.1, 0.15) is 23.7 Å². The lowest BCUT2D eigenvalue weighted by molar-refractivity contribution is 0.0947. The Morgan fingerprint density at radius 3 is 2.89 bits per heavy atom. The van der Waals surface area contributed by atoms with Gasteiger partial charge in [-0.25, -0.2) is 4.79 Å². The Morgan fingerprint density at radius 1 is 1.42 bits per heavy atom. The topological polar surface area (TPSA) is 85.3 Å². The predicted molar refractivity (Wildman–Crippen MR) is 73.1 cm³/mol. The van der Waals surface area contributed by atoms with Gasteiger partial charge in [-0.1, -0.05) is 25.1 Å². The average Bonchev–Trinajstić information content (AvgIpc) is 2.43. The normalized spacial score (nSPS) is 12.3. The number of benzene rings is 1. The van der Waals surface area contributed by atoms with Crippen LogP contribution in [0.5, 0.6) is 0 Å². The number of nitrogens with two attached hydrogens (primary N) is 1. The molecule has 1 aromatic heterocycles. The number of carbonyl (C=O) groups is 1. The van der Waals surface area contributed by atoms with E-state index < -0.39 is 11.5 Å². The van der Waals surface area contributed by atoms with Gasteiger partial charge >= 0.3 is 5.63 Å². The zero-order chi connectivity index (χ0) is 13.8. The van der Waals surface area contributed by atoms with Crippen molar-refractivity contribution in [1.29, 1.82) is 0 Å². The summed E-state index contributed by atoms with van der Waals surface area (Å²) in [5, 5.41) is 3.35. The van der Waals surface area contributed by atoms with Crippen LogP contribution >= 0.6 is 0 Å². The van der Waals surface area contributed by atoms with Gasteiger partial charge < -0.3 is 15.5 Å². The molecule has 3 N–H and O–H groups in total. The lowest BCUT2D eigenvalue weighted by Gasteiger charge is -2.09. The number of amides is 1. The number of hydrogen-bond donors (Lipinski definition) is 2. The Morgan fingerprint density at radius 2 is 2.16 bits per heavy atom. The van der Waals surface area contributed by atoms with Gasteiger partial charge in [0.2, 0.25) is 0 Å². The lowest BCUT2D eigenvalue weighted by atomic mass is 10.1. The number of nitrogens with one attached hydrogen (secondary N) is 1. The van der Waals surface area contributed by atoms with Crippen molar-refractivity contribution < 1.29 is 9.21 Å². The van der Waals surface area contributed by atoms with E-state index in [1.165, 1.54) is 6.07 Å². The third-order valence-electron chi connectivity index (χ3n) is 2.94. The van der Waals surface area contributed by atoms with Crippen molar-refractivity contribution in [1.82, 2.24) is 5.32 Å². The van der Waals surface area contributed by atoms with Crippen molar-refractivity contribution in [2.24, 2.45) is 5.73 Å². The molecule has 0 aliphatic heterocycles. The quantitative estimate of drug-likeness (QED) is 0.810. The van der Waals surface area contributed by atoms with E-state index in [0.717, 1.165) is 6.42 Å². The predicted octanol–water partition coefficient (Wildman–Crippen LogP) is 1.26. The molecule has 5 heteroatoms. The zero-order valence-corrected chi connectivity index (χ0v) is 10.7. The molecule has 1 atom stereocenters. The van der Waals surface area contributed by atoms with E-state index in [1.807, 2.05) is 13.0 Å². The van der Waals surface area contributed by atoms with Gasteiger partial charge in [0.1, 0.15) is 11.1 Å². The maximum atomic E-state index is 11.9. The first-order valence-corrected chi connectivity index (χ1v) is 6.18. The second kappa shape index (κ2) is 5.67. The molecular formula is C14H16N2O3. The molecule has 0 fully saturated rings. The molecule has 1 unspecified atom stereocenters. The zero-order valence-electron chi connectivity index (χ0n) is 10.7. The molecule has 0 bridgehead atoms. The van der Waals surface area contributed by atoms with Crippen LogP contribution in [0.2, 0.25) is 0 Å². The lowest BCUT2D eigenvalue weighted by Crippen LogP contribution is -2.38. The van der Waals surface area contributed by atoms with E-state index in [0.29, 0.717) is 17.5 Å². The molecule has 0 aliphatic carbocycles. The molecule has 100 valence electrons. The Bertz CT molecular complexity index is 648. The van der Waals surface area contributed by atoms with Gasteiger partial charge in [0.25, 0.3) is 5.91 Å². The highest BCUT2D eigenvalue weighted by Gasteiger charge is 2.13. The molecule has 19 heavy (non-hydrogen) atoms. The summed E-state index contributed by atoms with van der Waals surface area (Å²) in [6.45, 7) is 2.27. The second-order valence-electron chi connectivity index (χ2n) is 4.36. The van der Waals surface area contributed by atoms with Gasteiger partial charge in [0.15, 0.2) is 0 Å². The molecular weight excluding hydrogens is 244 g/mol. The van der Waals surface area contributed by atoms with Crippen LogP contribution in [0.15, 0.2) is 39.5 Å². The van der Waals surface area contributed by atoms with E-state index in [-0.39, 0.29) is 11.6 Å². The summed E-state index contributed by atoms with van der Waals surface area (Å²) in [5.41, 5.74) is 5.54. The summed E-state index contributed by atoms with van der Waals surface area (Å²) in [7, 11) is 0. The van der Waals surface area contributed by atoms with Crippen LogP contribution in [0.4, 0.5) is 0 Å². The molecule has 0 aliphatic rings. The third kappa shape index (κ3) is 3.00. The maximum absolute atomic E-state index is 11.9. The number of hydrogen-bond acceptors (Lipinski definition) is 4. The molecule has 0 saturated heterocycles. The Balaban J connectivity index is 2.27. The number of rotatable bonds is 4. The van der Waals surface area contributed by atoms with Crippen LogP contribution in [0, 0.1) is 0 Å². The highest BCUT2D eigenvalue weighted by atomic mass is 16.4. The van der Waals surface area contributed by atoms with Gasteiger partial charge in [0, 0.05) is 18.0 Å². The maximum Gasteiger partial charge on any atom is 0.349 e. The molecule has 2 aromatic rings. The summed E-state index contributed by atoms with van der Waals surface area (Å²) < 4.78 is 5.10. The fourth-order valence-electron chi connectivity index (χ4n) is 1.68. The summed E-state index contributed by atoms with van der Waals surface area (Å²) in [6, 6.07) is 8.48. The first-order valence-electron chi connectivity index (χ1n) is 6.18. The fourth-order valence-corrected chi connectivity index (χ4v) is 1.68. The first kappa shape index (κ1) is 13.3. The smallest absolute Gasteiger partial charge is 0.349 e. The summed E-state index contributed by atoms with van der Waals surface area (Å²) in [5.74, 6) is -0.455. The second-order valence-corrected chi connectivity index (χ2v) is 4.36. The standard InChI is InChI=1S/C14H16N2O3/c1-2-10(15)8-16-13(17)11-7-9-5-3-4-6-12(9)19-14(11)18/h3-7,10H,2,8,15H2,1H3,(H,16,17). The molecule has 0 saturated carbocycles. The van der Waals surface area contributed by atoms with Crippen molar-refractivity contribution in [3.05, 3.63) is 46.3 Å². The third-order valence-corrected chi connectivity index (χ3v) is 2.94. The monoisotopic (exact) mass is 260 g/mol. The van der Waals surface area contributed by atoms with Gasteiger partial charge in [-0.3, -0.25) is 4.79 Å². The van der Waals surface area contributed by atoms with E-state index in [2.05, 4.69) is 5.32 Å². The van der Waals surface area contributed by atoms with Gasteiger partial charge in [-0.05, 0) is 18.6 Å². The van der Waals surface area contributed by atoms with E-state index in [9.17, 15) is 9.59 Å². The molecule has 0 spiro atoms. The summed E-state index contributed by atoms with van der Waals surface area (Å²) in [6.07, 6.45) is 0.757. The minimum atomic E-state index is -0.638. The highest BCUT2D eigenvalue weighted by Crippen LogP contribution is 2.12. The molecule has 2 rings (SSSR count). The summed E-state index contributed by atoms with van der Waals surface area (Å²) in [4.78, 5) is 23.6. The summed E-state index contributed by atoms with van der Waals surface area (Å²) >= 11 is 0. The Kier molecular flexibility index (Phi) is 3.97. The molecule has 1 amide bonds. The van der Waals surface area contributed by atoms with Crippen molar-refractivity contribution in [2.45, 2.75) is 19.4 Å². The van der Waals surface area contributed by atoms with Crippen LogP contribution < -0.4 is 16.7 Å². The van der Waals surface area contributed by atoms with E-state index in [1.54, 1.807) is 18.2 Å². The minimum Gasteiger partial charge on any atom is -0.422 e. The number of para-hydroxylation sites is 1. The largest absolute Gasteiger partial charge is 0.422 e. The van der Waals surface area contributed by atoms with Gasteiger partial charge in [0.05, 0.1) is 0 Å². The van der Waals surface area contributed by atoms with Crippen LogP contribution in [0.3, 0.4) is 0 Å².